The van der Waals surface area contributed by atoms with Crippen LogP contribution in [0.5, 0.6) is 0 Å². The Bertz CT molecular complexity index is 40.7. The third-order valence-electron chi connectivity index (χ3n) is 0.709. The van der Waals surface area contributed by atoms with Gasteiger partial charge in [-0.25, -0.2) is 0 Å². The first-order valence-corrected chi connectivity index (χ1v) is 4.30. The van der Waals surface area contributed by atoms with Crippen molar-refractivity contribution < 1.29 is 0 Å². The normalized spacial score (nSPS) is 14.1. The fraction of sp³-hybridized carbons (Fsp3) is 1.00. The summed E-state index contributed by atoms with van der Waals surface area (Å²) in [5.74, 6) is 0. The Kier molecular flexibility index (Phi) is 5.26. The molecule has 0 spiro atoms. The molecular formula is C4H11NS2. The van der Waals surface area contributed by atoms with Crippen LogP contribution in [0.1, 0.15) is 19.8 Å². The summed E-state index contributed by atoms with van der Waals surface area (Å²) in [6.07, 6.45) is 2.21. The minimum absolute atomic E-state index is 0.230. The van der Waals surface area contributed by atoms with E-state index < -0.39 is 0 Å². The van der Waals surface area contributed by atoms with Gasteiger partial charge in [-0.3, -0.25) is 0 Å². The Labute approximate surface area is 53.9 Å². The Morgan fingerprint density at radius 1 is 1.86 bits per heavy atom. The topological polar surface area (TPSA) is 26.0 Å². The van der Waals surface area contributed by atoms with E-state index in [0.29, 0.717) is 0 Å². The Morgan fingerprint density at radius 3 is 2.57 bits per heavy atom. The molecule has 0 bridgehead atoms. The summed E-state index contributed by atoms with van der Waals surface area (Å²) in [4.78, 5) is 0. The first-order valence-electron chi connectivity index (χ1n) is 2.37. The van der Waals surface area contributed by atoms with E-state index in [1.165, 1.54) is 10.8 Å². The van der Waals surface area contributed by atoms with Gasteiger partial charge in [-0.05, 0) is 6.42 Å². The molecule has 7 heavy (non-hydrogen) atoms. The Hall–Kier alpha value is 0.660. The van der Waals surface area contributed by atoms with Crippen molar-refractivity contribution in [1.82, 2.24) is 0 Å². The van der Waals surface area contributed by atoms with Gasteiger partial charge >= 0.3 is 0 Å². The predicted molar refractivity (Wildman–Crippen MR) is 39.5 cm³/mol. The highest BCUT2D eigenvalue weighted by molar-refractivity contribution is 8.68. The largest absolute Gasteiger partial charge is 0.319 e. The van der Waals surface area contributed by atoms with Crippen LogP contribution in [0.25, 0.3) is 0 Å². The van der Waals surface area contributed by atoms with Crippen molar-refractivity contribution in [3.05, 3.63) is 0 Å². The highest BCUT2D eigenvalue weighted by Gasteiger charge is 1.94. The molecule has 0 aromatic heterocycles. The lowest BCUT2D eigenvalue weighted by Gasteiger charge is -2.01. The molecule has 0 radical (unpaired) electrons. The molecule has 0 aliphatic heterocycles. The van der Waals surface area contributed by atoms with E-state index in [2.05, 4.69) is 18.6 Å². The average molecular weight is 137 g/mol. The molecule has 1 atom stereocenters. The predicted octanol–water partition coefficient (Wildman–Crippen LogP) is 1.65. The number of hydrogen-bond donors (Lipinski definition) is 2. The maximum atomic E-state index is 5.47. The van der Waals surface area contributed by atoms with Crippen molar-refractivity contribution in [3.8, 4) is 0 Å². The van der Waals surface area contributed by atoms with Crippen LogP contribution in [0, 0.1) is 0 Å². The summed E-state index contributed by atoms with van der Waals surface area (Å²) in [5, 5.41) is 0.230. The number of hydrogen-bond acceptors (Lipinski definition) is 3. The first-order chi connectivity index (χ1) is 3.31. The summed E-state index contributed by atoms with van der Waals surface area (Å²) >= 11 is 3.94. The monoisotopic (exact) mass is 137 g/mol. The minimum Gasteiger partial charge on any atom is -0.319 e. The average Bonchev–Trinajstić information content (AvgIpc) is 1.68. The van der Waals surface area contributed by atoms with E-state index in [4.69, 9.17) is 5.73 Å². The second-order valence-electron chi connectivity index (χ2n) is 1.43. The molecule has 0 saturated carbocycles. The van der Waals surface area contributed by atoms with E-state index in [0.717, 1.165) is 12.8 Å². The van der Waals surface area contributed by atoms with Gasteiger partial charge in [-0.15, -0.1) is 11.7 Å². The molecule has 0 amide bonds. The van der Waals surface area contributed by atoms with Crippen molar-refractivity contribution in [1.29, 1.82) is 0 Å². The third-order valence-corrected chi connectivity index (χ3v) is 2.03. The molecule has 0 fully saturated rings. The summed E-state index contributed by atoms with van der Waals surface area (Å²) in [7, 11) is 1.42. The lowest BCUT2D eigenvalue weighted by Crippen LogP contribution is -2.12. The summed E-state index contributed by atoms with van der Waals surface area (Å²) in [5.41, 5.74) is 5.47. The van der Waals surface area contributed by atoms with Crippen LogP contribution >= 0.6 is 22.5 Å². The van der Waals surface area contributed by atoms with Crippen molar-refractivity contribution >= 4 is 22.5 Å². The van der Waals surface area contributed by atoms with Crippen molar-refractivity contribution in [2.24, 2.45) is 5.73 Å². The van der Waals surface area contributed by atoms with Gasteiger partial charge in [-0.2, -0.15) is 0 Å². The molecular weight excluding hydrogens is 126 g/mol. The molecule has 0 aromatic carbocycles. The van der Waals surface area contributed by atoms with Crippen molar-refractivity contribution in [2.45, 2.75) is 25.1 Å². The van der Waals surface area contributed by atoms with E-state index in [1.54, 1.807) is 0 Å². The van der Waals surface area contributed by atoms with Crippen molar-refractivity contribution in [2.75, 3.05) is 0 Å². The Morgan fingerprint density at radius 2 is 2.43 bits per heavy atom. The smallest absolute Gasteiger partial charge is 0.0609 e. The highest BCUT2D eigenvalue weighted by atomic mass is 33.1. The molecule has 3 heteroatoms. The minimum atomic E-state index is 0.230. The van der Waals surface area contributed by atoms with Crippen LogP contribution in [-0.4, -0.2) is 5.37 Å². The molecule has 1 nitrogen and oxygen atoms in total. The zero-order valence-electron chi connectivity index (χ0n) is 4.42. The van der Waals surface area contributed by atoms with E-state index >= 15 is 0 Å². The van der Waals surface area contributed by atoms with E-state index in [9.17, 15) is 0 Å². The zero-order chi connectivity index (χ0) is 5.70. The molecule has 0 saturated heterocycles. The number of rotatable bonds is 3. The summed E-state index contributed by atoms with van der Waals surface area (Å²) < 4.78 is 0. The standard InChI is InChI=1S/C4H11NS2/c1-2-3-4(5)7-6/h4,6H,2-3,5H2,1H3. The van der Waals surface area contributed by atoms with Crippen LogP contribution < -0.4 is 5.73 Å². The van der Waals surface area contributed by atoms with Gasteiger partial charge in [0.2, 0.25) is 0 Å². The summed E-state index contributed by atoms with van der Waals surface area (Å²) in [6.45, 7) is 2.11. The van der Waals surface area contributed by atoms with Gasteiger partial charge in [0.25, 0.3) is 0 Å². The first kappa shape index (κ1) is 7.66. The van der Waals surface area contributed by atoms with Crippen LogP contribution in [-0.2, 0) is 0 Å². The van der Waals surface area contributed by atoms with Gasteiger partial charge in [0.05, 0.1) is 5.37 Å². The van der Waals surface area contributed by atoms with Crippen LogP contribution in [0.15, 0.2) is 0 Å². The molecule has 0 aliphatic rings. The maximum absolute atomic E-state index is 5.47. The van der Waals surface area contributed by atoms with Crippen LogP contribution in [0.3, 0.4) is 0 Å². The van der Waals surface area contributed by atoms with Crippen molar-refractivity contribution in [3.63, 3.8) is 0 Å². The maximum Gasteiger partial charge on any atom is 0.0609 e. The van der Waals surface area contributed by atoms with E-state index in [-0.39, 0.29) is 5.37 Å². The van der Waals surface area contributed by atoms with Gasteiger partial charge in [0, 0.05) is 0 Å². The molecule has 44 valence electrons. The highest BCUT2D eigenvalue weighted by Crippen LogP contribution is 2.13. The molecule has 0 heterocycles. The van der Waals surface area contributed by atoms with Crippen LogP contribution in [0.4, 0.5) is 0 Å². The van der Waals surface area contributed by atoms with Crippen LogP contribution in [0.2, 0.25) is 0 Å². The molecule has 1 unspecified atom stereocenters. The quantitative estimate of drug-likeness (QED) is 0.351. The number of nitrogens with two attached hydrogens (primary N) is 1. The lowest BCUT2D eigenvalue weighted by atomic mass is 10.3. The fourth-order valence-corrected chi connectivity index (χ4v) is 0.995. The zero-order valence-corrected chi connectivity index (χ0v) is 6.14. The molecule has 0 aromatic rings. The van der Waals surface area contributed by atoms with Gasteiger partial charge in [-0.1, -0.05) is 24.1 Å². The molecule has 0 aliphatic carbocycles. The molecule has 2 N–H and O–H groups in total. The van der Waals surface area contributed by atoms with Gasteiger partial charge in [0.15, 0.2) is 0 Å². The third kappa shape index (κ3) is 4.51. The molecule has 0 rings (SSSR count). The fourth-order valence-electron chi connectivity index (χ4n) is 0.337. The summed E-state index contributed by atoms with van der Waals surface area (Å²) in [6, 6.07) is 0. The SMILES string of the molecule is CCCC(N)SS. The second-order valence-corrected chi connectivity index (χ2v) is 2.88. The Balaban J connectivity index is 2.83. The van der Waals surface area contributed by atoms with E-state index in [1.807, 2.05) is 0 Å². The second kappa shape index (κ2) is 4.81. The van der Waals surface area contributed by atoms with Gasteiger partial charge < -0.3 is 5.73 Å². The van der Waals surface area contributed by atoms with Gasteiger partial charge in [0.1, 0.15) is 0 Å². The number of thiol groups is 1. The lowest BCUT2D eigenvalue weighted by molar-refractivity contribution is 0.768.